The van der Waals surface area contributed by atoms with Gasteiger partial charge in [-0.2, -0.15) is 0 Å². The van der Waals surface area contributed by atoms with Crippen LogP contribution in [0.1, 0.15) is 15.9 Å². The van der Waals surface area contributed by atoms with Crippen molar-refractivity contribution in [2.45, 2.75) is 6.92 Å². The number of nitrogen functional groups attached to an aromatic ring is 1. The van der Waals surface area contributed by atoms with Crippen LogP contribution in [0.3, 0.4) is 0 Å². The maximum Gasteiger partial charge on any atom is 0.351 e. The first-order valence-electron chi connectivity index (χ1n) is 4.53. The summed E-state index contributed by atoms with van der Waals surface area (Å²) in [5.74, 6) is -1.85. The molecule has 0 saturated carbocycles. The van der Waals surface area contributed by atoms with Crippen molar-refractivity contribution in [2.24, 2.45) is 5.73 Å². The lowest BCUT2D eigenvalue weighted by Gasteiger charge is -2.04. The van der Waals surface area contributed by atoms with Crippen LogP contribution in [0.2, 0.25) is 0 Å². The van der Waals surface area contributed by atoms with Crippen LogP contribution in [-0.2, 0) is 4.79 Å². The zero-order chi connectivity index (χ0) is 12.3. The Morgan fingerprint density at radius 3 is 2.56 bits per heavy atom. The predicted molar refractivity (Wildman–Crippen MR) is 59.8 cm³/mol. The van der Waals surface area contributed by atoms with Crippen molar-refractivity contribution in [2.75, 3.05) is 5.73 Å². The molecule has 0 bridgehead atoms. The molecule has 0 unspecified atom stereocenters. The molecule has 0 amide bonds. The van der Waals surface area contributed by atoms with Gasteiger partial charge in [0.1, 0.15) is 5.70 Å². The van der Waals surface area contributed by atoms with Gasteiger partial charge in [-0.1, -0.05) is 12.1 Å². The first-order valence-corrected chi connectivity index (χ1v) is 4.53. The summed E-state index contributed by atoms with van der Waals surface area (Å²) in [6, 6.07) is 4.95. The molecule has 5 heteroatoms. The molecule has 0 fully saturated rings. The van der Waals surface area contributed by atoms with Gasteiger partial charge < -0.3 is 16.6 Å². The maximum atomic E-state index is 11.6. The van der Waals surface area contributed by atoms with Gasteiger partial charge in [0.15, 0.2) is 5.78 Å². The highest BCUT2D eigenvalue weighted by molar-refractivity contribution is 6.11. The van der Waals surface area contributed by atoms with Gasteiger partial charge in [-0.25, -0.2) is 4.79 Å². The number of carboxylic acid groups (broad SMARTS) is 1. The monoisotopic (exact) mass is 220 g/mol. The largest absolute Gasteiger partial charge is 0.477 e. The van der Waals surface area contributed by atoms with Crippen molar-refractivity contribution in [1.82, 2.24) is 0 Å². The Balaban J connectivity index is 3.12. The van der Waals surface area contributed by atoms with E-state index in [1.54, 1.807) is 19.1 Å². The van der Waals surface area contributed by atoms with E-state index in [-0.39, 0.29) is 5.56 Å². The van der Waals surface area contributed by atoms with Crippen molar-refractivity contribution < 1.29 is 14.7 Å². The van der Waals surface area contributed by atoms with E-state index in [9.17, 15) is 9.59 Å². The van der Waals surface area contributed by atoms with Crippen molar-refractivity contribution in [3.8, 4) is 0 Å². The second kappa shape index (κ2) is 4.48. The Labute approximate surface area is 92.4 Å². The van der Waals surface area contributed by atoms with Crippen LogP contribution in [0.4, 0.5) is 5.69 Å². The van der Waals surface area contributed by atoms with Gasteiger partial charge in [0.2, 0.25) is 0 Å². The lowest BCUT2D eigenvalue weighted by Crippen LogP contribution is -2.13. The molecule has 5 N–H and O–H groups in total. The second-order valence-corrected chi connectivity index (χ2v) is 3.31. The molecular formula is C11H12N2O3. The fraction of sp³-hybridized carbons (Fsp3) is 0.0909. The average molecular weight is 220 g/mol. The van der Waals surface area contributed by atoms with Crippen LogP contribution in [0, 0.1) is 6.92 Å². The molecule has 0 radical (unpaired) electrons. The number of ketones is 1. The third kappa shape index (κ3) is 2.38. The van der Waals surface area contributed by atoms with Crippen LogP contribution in [0.25, 0.3) is 0 Å². The lowest BCUT2D eigenvalue weighted by atomic mass is 10.0. The number of aryl methyl sites for hydroxylation is 1. The van der Waals surface area contributed by atoms with Crippen LogP contribution in [0.15, 0.2) is 30.0 Å². The number of carboxylic acids is 1. The molecule has 16 heavy (non-hydrogen) atoms. The summed E-state index contributed by atoms with van der Waals surface area (Å²) in [6.45, 7) is 1.76. The van der Waals surface area contributed by atoms with E-state index in [0.717, 1.165) is 11.6 Å². The molecular weight excluding hydrogens is 208 g/mol. The van der Waals surface area contributed by atoms with E-state index in [4.69, 9.17) is 16.6 Å². The summed E-state index contributed by atoms with van der Waals surface area (Å²) in [7, 11) is 0. The fourth-order valence-corrected chi connectivity index (χ4v) is 1.18. The Bertz CT molecular complexity index is 478. The number of carbonyl (C=O) groups is 2. The topological polar surface area (TPSA) is 106 Å². The number of benzene rings is 1. The number of carbonyl (C=O) groups excluding carboxylic acids is 1. The molecule has 1 aromatic carbocycles. The minimum Gasteiger partial charge on any atom is -0.477 e. The summed E-state index contributed by atoms with van der Waals surface area (Å²) in [5, 5.41) is 8.52. The SMILES string of the molecule is Cc1cccc(C(=O)/C=C(/N)C(=O)O)c1N. The van der Waals surface area contributed by atoms with Gasteiger partial charge in [-0.3, -0.25) is 4.79 Å². The molecule has 1 rings (SSSR count). The fourth-order valence-electron chi connectivity index (χ4n) is 1.18. The van der Waals surface area contributed by atoms with E-state index < -0.39 is 17.4 Å². The summed E-state index contributed by atoms with van der Waals surface area (Å²) in [4.78, 5) is 22.1. The first kappa shape index (κ1) is 11.8. The summed E-state index contributed by atoms with van der Waals surface area (Å²) >= 11 is 0. The molecule has 1 aromatic rings. The van der Waals surface area contributed by atoms with Crippen LogP contribution in [-0.4, -0.2) is 16.9 Å². The average Bonchev–Trinajstić information content (AvgIpc) is 2.21. The Hall–Kier alpha value is -2.30. The number of aliphatic carboxylic acids is 1. The van der Waals surface area contributed by atoms with E-state index in [1.165, 1.54) is 6.07 Å². The van der Waals surface area contributed by atoms with Gasteiger partial charge in [-0.05, 0) is 18.6 Å². The number of hydrogen-bond donors (Lipinski definition) is 3. The second-order valence-electron chi connectivity index (χ2n) is 3.31. The summed E-state index contributed by atoms with van der Waals surface area (Å²) < 4.78 is 0. The highest BCUT2D eigenvalue weighted by Gasteiger charge is 2.11. The van der Waals surface area contributed by atoms with Crippen molar-refractivity contribution in [1.29, 1.82) is 0 Å². The number of para-hydroxylation sites is 1. The first-order chi connectivity index (χ1) is 7.43. The maximum absolute atomic E-state index is 11.6. The molecule has 0 atom stereocenters. The van der Waals surface area contributed by atoms with Crippen LogP contribution < -0.4 is 11.5 Å². The minimum absolute atomic E-state index is 0.254. The molecule has 0 aliphatic rings. The molecule has 0 aliphatic heterocycles. The van der Waals surface area contributed by atoms with E-state index in [1.807, 2.05) is 0 Å². The minimum atomic E-state index is -1.33. The number of nitrogens with two attached hydrogens (primary N) is 2. The summed E-state index contributed by atoms with van der Waals surface area (Å²) in [5.41, 5.74) is 11.7. The van der Waals surface area contributed by atoms with Crippen molar-refractivity contribution in [3.63, 3.8) is 0 Å². The third-order valence-corrected chi connectivity index (χ3v) is 2.12. The standard InChI is InChI=1S/C11H12N2O3/c1-6-3-2-4-7(10(6)13)9(14)5-8(12)11(15)16/h2-5H,12-13H2,1H3,(H,15,16)/b8-5+. The molecule has 5 nitrogen and oxygen atoms in total. The van der Waals surface area contributed by atoms with Gasteiger partial charge in [-0.15, -0.1) is 0 Å². The van der Waals surface area contributed by atoms with Crippen molar-refractivity contribution in [3.05, 3.63) is 41.1 Å². The quantitative estimate of drug-likeness (QED) is 0.394. The van der Waals surface area contributed by atoms with Gasteiger partial charge in [0.25, 0.3) is 0 Å². The number of hydrogen-bond acceptors (Lipinski definition) is 4. The lowest BCUT2D eigenvalue weighted by molar-refractivity contribution is -0.132. The van der Waals surface area contributed by atoms with Crippen LogP contribution >= 0.6 is 0 Å². The smallest absolute Gasteiger partial charge is 0.351 e. The van der Waals surface area contributed by atoms with E-state index in [2.05, 4.69) is 0 Å². The van der Waals surface area contributed by atoms with Crippen LogP contribution in [0.5, 0.6) is 0 Å². The van der Waals surface area contributed by atoms with Gasteiger partial charge in [0.05, 0.1) is 0 Å². The Morgan fingerprint density at radius 1 is 1.38 bits per heavy atom. The summed E-state index contributed by atoms with van der Waals surface area (Å²) in [6.07, 6.45) is 0.855. The Morgan fingerprint density at radius 2 is 2.00 bits per heavy atom. The highest BCUT2D eigenvalue weighted by Crippen LogP contribution is 2.17. The highest BCUT2D eigenvalue weighted by atomic mass is 16.4. The zero-order valence-electron chi connectivity index (χ0n) is 8.73. The normalized spacial score (nSPS) is 11.2. The van der Waals surface area contributed by atoms with E-state index >= 15 is 0 Å². The third-order valence-electron chi connectivity index (χ3n) is 2.12. The molecule has 0 aromatic heterocycles. The molecule has 0 aliphatic carbocycles. The molecule has 84 valence electrons. The molecule has 0 spiro atoms. The molecule has 0 saturated heterocycles. The number of allylic oxidation sites excluding steroid dienone is 1. The van der Waals surface area contributed by atoms with Gasteiger partial charge in [0, 0.05) is 17.3 Å². The van der Waals surface area contributed by atoms with E-state index in [0.29, 0.717) is 5.69 Å². The zero-order valence-corrected chi connectivity index (χ0v) is 8.73. The predicted octanol–water partition coefficient (Wildman–Crippen LogP) is 0.687. The van der Waals surface area contributed by atoms with Crippen molar-refractivity contribution >= 4 is 17.4 Å². The number of anilines is 1. The number of rotatable bonds is 3. The van der Waals surface area contributed by atoms with Gasteiger partial charge >= 0.3 is 5.97 Å². The Kier molecular flexibility index (Phi) is 3.30. The molecule has 0 heterocycles.